The van der Waals surface area contributed by atoms with Crippen molar-refractivity contribution in [1.29, 1.82) is 0 Å². The Balaban J connectivity index is 2.38. The predicted octanol–water partition coefficient (Wildman–Crippen LogP) is 2.05. The smallest absolute Gasteiger partial charge is 0.251 e. The molecule has 3 aromatic rings. The molecule has 0 heterocycles. The number of amides is 2. The highest BCUT2D eigenvalue weighted by Gasteiger charge is 2.34. The van der Waals surface area contributed by atoms with Crippen LogP contribution < -0.4 is 26.5 Å². The van der Waals surface area contributed by atoms with Gasteiger partial charge in [0, 0.05) is 35.6 Å². The standard InChI is InChI=1S/C22H21N2O3P/c1-23-21(25)16-13-14-19(22(26)24-2)20(15-16)28(27,17-9-5-3-6-10-17)18-11-7-4-8-12-18/h3-15H,1-2H3,(H,23,25)(H,24,26). The minimum atomic E-state index is -3.40. The van der Waals surface area contributed by atoms with Crippen LogP contribution >= 0.6 is 7.14 Å². The average molecular weight is 392 g/mol. The molecule has 0 saturated carbocycles. The summed E-state index contributed by atoms with van der Waals surface area (Å²) in [5, 5.41) is 6.71. The molecule has 6 heteroatoms. The lowest BCUT2D eigenvalue weighted by Crippen LogP contribution is -2.33. The van der Waals surface area contributed by atoms with E-state index in [2.05, 4.69) is 10.6 Å². The number of nitrogens with one attached hydrogen (secondary N) is 2. The topological polar surface area (TPSA) is 75.3 Å². The molecule has 0 aromatic heterocycles. The van der Waals surface area contributed by atoms with Gasteiger partial charge in [-0.3, -0.25) is 9.59 Å². The number of benzene rings is 3. The summed E-state index contributed by atoms with van der Waals surface area (Å²) in [5.41, 5.74) is 0.628. The third-order valence-electron chi connectivity index (χ3n) is 4.54. The van der Waals surface area contributed by atoms with Gasteiger partial charge in [0.25, 0.3) is 11.8 Å². The molecule has 0 unspecified atom stereocenters. The number of rotatable bonds is 5. The summed E-state index contributed by atoms with van der Waals surface area (Å²) in [6, 6.07) is 22.8. The molecule has 0 fully saturated rings. The van der Waals surface area contributed by atoms with Gasteiger partial charge in [-0.05, 0) is 18.2 Å². The highest BCUT2D eigenvalue weighted by Crippen LogP contribution is 2.43. The summed E-state index contributed by atoms with van der Waals surface area (Å²) in [7, 11) is -0.346. The van der Waals surface area contributed by atoms with Crippen molar-refractivity contribution >= 4 is 34.9 Å². The molecule has 28 heavy (non-hydrogen) atoms. The fourth-order valence-corrected chi connectivity index (χ4v) is 5.98. The van der Waals surface area contributed by atoms with Gasteiger partial charge < -0.3 is 15.2 Å². The number of carbonyl (C=O) groups is 2. The Morgan fingerprint density at radius 2 is 1.21 bits per heavy atom. The Kier molecular flexibility index (Phi) is 5.76. The third-order valence-corrected chi connectivity index (χ3v) is 7.64. The van der Waals surface area contributed by atoms with Gasteiger partial charge in [0.1, 0.15) is 0 Å². The molecule has 0 saturated heterocycles. The van der Waals surface area contributed by atoms with Gasteiger partial charge in [0.05, 0.1) is 5.56 Å². The Labute approximate surface area is 164 Å². The molecule has 0 atom stereocenters. The van der Waals surface area contributed by atoms with E-state index in [0.29, 0.717) is 21.5 Å². The second-order valence-electron chi connectivity index (χ2n) is 6.17. The molecule has 3 rings (SSSR count). The summed E-state index contributed by atoms with van der Waals surface area (Å²) in [6.45, 7) is 0. The number of hydrogen-bond donors (Lipinski definition) is 2. The summed E-state index contributed by atoms with van der Waals surface area (Å²) in [5.74, 6) is -0.664. The fraction of sp³-hybridized carbons (Fsp3) is 0.0909. The van der Waals surface area contributed by atoms with E-state index in [1.54, 1.807) is 42.5 Å². The first kappa shape index (κ1) is 19.6. The Morgan fingerprint density at radius 1 is 0.714 bits per heavy atom. The summed E-state index contributed by atoms with van der Waals surface area (Å²) in [4.78, 5) is 24.8. The van der Waals surface area contributed by atoms with Crippen LogP contribution in [0.25, 0.3) is 0 Å². The molecule has 0 spiro atoms. The Hall–Kier alpha value is -3.17. The molecule has 2 N–H and O–H groups in total. The van der Waals surface area contributed by atoms with Crippen molar-refractivity contribution in [2.24, 2.45) is 0 Å². The van der Waals surface area contributed by atoms with Crippen molar-refractivity contribution in [3.8, 4) is 0 Å². The highest BCUT2D eigenvalue weighted by molar-refractivity contribution is 7.85. The average Bonchev–Trinajstić information content (AvgIpc) is 2.78. The van der Waals surface area contributed by atoms with E-state index in [1.165, 1.54) is 14.1 Å². The van der Waals surface area contributed by atoms with Gasteiger partial charge >= 0.3 is 0 Å². The maximum absolute atomic E-state index is 14.6. The van der Waals surface area contributed by atoms with Crippen LogP contribution in [0, 0.1) is 0 Å². The highest BCUT2D eigenvalue weighted by atomic mass is 31.2. The second kappa shape index (κ2) is 8.24. The largest absolute Gasteiger partial charge is 0.355 e. The maximum atomic E-state index is 14.6. The van der Waals surface area contributed by atoms with Crippen molar-refractivity contribution in [1.82, 2.24) is 10.6 Å². The van der Waals surface area contributed by atoms with Gasteiger partial charge in [0.15, 0.2) is 7.14 Å². The van der Waals surface area contributed by atoms with Crippen molar-refractivity contribution < 1.29 is 14.2 Å². The monoisotopic (exact) mass is 392 g/mol. The van der Waals surface area contributed by atoms with Crippen LogP contribution in [0.4, 0.5) is 0 Å². The molecule has 0 bridgehead atoms. The fourth-order valence-electron chi connectivity index (χ4n) is 3.11. The summed E-state index contributed by atoms with van der Waals surface area (Å²) in [6.07, 6.45) is 0. The molecular formula is C22H21N2O3P. The SMILES string of the molecule is CNC(=O)c1ccc(C(=O)NC)c(P(=O)(c2ccccc2)c2ccccc2)c1. The minimum Gasteiger partial charge on any atom is -0.355 e. The number of hydrogen-bond acceptors (Lipinski definition) is 3. The van der Waals surface area contributed by atoms with Crippen molar-refractivity contribution in [2.45, 2.75) is 0 Å². The Morgan fingerprint density at radius 3 is 1.68 bits per heavy atom. The summed E-state index contributed by atoms with van der Waals surface area (Å²) >= 11 is 0. The van der Waals surface area contributed by atoms with Crippen LogP contribution in [0.1, 0.15) is 20.7 Å². The molecule has 5 nitrogen and oxygen atoms in total. The van der Waals surface area contributed by atoms with Gasteiger partial charge in [-0.25, -0.2) is 0 Å². The van der Waals surface area contributed by atoms with Crippen LogP contribution in [0.2, 0.25) is 0 Å². The predicted molar refractivity (Wildman–Crippen MR) is 113 cm³/mol. The molecule has 0 aliphatic rings. The Bertz CT molecular complexity index is 1010. The van der Waals surface area contributed by atoms with E-state index < -0.39 is 7.14 Å². The van der Waals surface area contributed by atoms with E-state index in [-0.39, 0.29) is 17.4 Å². The van der Waals surface area contributed by atoms with Crippen molar-refractivity contribution in [3.05, 3.63) is 90.0 Å². The van der Waals surface area contributed by atoms with Gasteiger partial charge in [-0.15, -0.1) is 0 Å². The van der Waals surface area contributed by atoms with Crippen LogP contribution in [0.5, 0.6) is 0 Å². The van der Waals surface area contributed by atoms with Crippen LogP contribution in [-0.2, 0) is 4.57 Å². The normalized spacial score (nSPS) is 10.9. The zero-order valence-corrected chi connectivity index (χ0v) is 16.6. The molecule has 0 radical (unpaired) electrons. The lowest BCUT2D eigenvalue weighted by Gasteiger charge is -2.23. The van der Waals surface area contributed by atoms with Gasteiger partial charge in [0.2, 0.25) is 0 Å². The number of carbonyl (C=O) groups excluding carboxylic acids is 2. The molecule has 0 aliphatic carbocycles. The van der Waals surface area contributed by atoms with E-state index in [0.717, 1.165) is 0 Å². The first-order valence-corrected chi connectivity index (χ1v) is 10.5. The van der Waals surface area contributed by atoms with E-state index >= 15 is 0 Å². The molecule has 3 aromatic carbocycles. The zero-order valence-electron chi connectivity index (χ0n) is 15.7. The third kappa shape index (κ3) is 3.49. The maximum Gasteiger partial charge on any atom is 0.251 e. The van der Waals surface area contributed by atoms with E-state index in [4.69, 9.17) is 0 Å². The molecule has 0 aliphatic heterocycles. The quantitative estimate of drug-likeness (QED) is 0.653. The van der Waals surface area contributed by atoms with E-state index in [9.17, 15) is 14.2 Å². The zero-order chi connectivity index (χ0) is 20.1. The molecule has 2 amide bonds. The summed E-state index contributed by atoms with van der Waals surface area (Å²) < 4.78 is 14.6. The van der Waals surface area contributed by atoms with E-state index in [1.807, 2.05) is 36.4 Å². The molecular weight excluding hydrogens is 371 g/mol. The molecule has 142 valence electrons. The minimum absolute atomic E-state index is 0.284. The van der Waals surface area contributed by atoms with Gasteiger partial charge in [-0.1, -0.05) is 60.7 Å². The second-order valence-corrected chi connectivity index (χ2v) is 8.90. The first-order chi connectivity index (χ1) is 13.5. The van der Waals surface area contributed by atoms with Crippen molar-refractivity contribution in [2.75, 3.05) is 14.1 Å². The van der Waals surface area contributed by atoms with Crippen LogP contribution in [0.3, 0.4) is 0 Å². The first-order valence-electron chi connectivity index (χ1n) is 8.82. The van der Waals surface area contributed by atoms with Crippen LogP contribution in [0.15, 0.2) is 78.9 Å². The van der Waals surface area contributed by atoms with Crippen molar-refractivity contribution in [3.63, 3.8) is 0 Å². The lowest BCUT2D eigenvalue weighted by atomic mass is 10.1. The van der Waals surface area contributed by atoms with Gasteiger partial charge in [-0.2, -0.15) is 0 Å². The lowest BCUT2D eigenvalue weighted by molar-refractivity contribution is 0.0952. The van der Waals surface area contributed by atoms with Crippen LogP contribution in [-0.4, -0.2) is 25.9 Å².